The molecule has 0 bridgehead atoms. The molecule has 0 spiro atoms. The van der Waals surface area contributed by atoms with Crippen molar-refractivity contribution in [1.82, 2.24) is 34.8 Å². The minimum Gasteiger partial charge on any atom is -0.349 e. The number of nitrogens with zero attached hydrogens (tertiary/aromatic N) is 7. The molecule has 2 aromatic rings. The van der Waals surface area contributed by atoms with Crippen LogP contribution in [0.5, 0.6) is 0 Å². The van der Waals surface area contributed by atoms with Crippen LogP contribution in [-0.4, -0.2) is 55.5 Å². The van der Waals surface area contributed by atoms with Crippen LogP contribution in [-0.2, 0) is 27.1 Å². The van der Waals surface area contributed by atoms with E-state index in [1.54, 1.807) is 0 Å². The first-order valence-electron chi connectivity index (χ1n) is 8.34. The highest BCUT2D eigenvalue weighted by Gasteiger charge is 2.25. The van der Waals surface area contributed by atoms with Gasteiger partial charge in [-0.25, -0.2) is 0 Å². The number of aryl methyl sites for hydroxylation is 2. The molecule has 1 fully saturated rings. The van der Waals surface area contributed by atoms with Gasteiger partial charge in [0.25, 0.3) is 0 Å². The summed E-state index contributed by atoms with van der Waals surface area (Å²) >= 11 is 0. The zero-order valence-electron chi connectivity index (χ0n) is 14.9. The lowest BCUT2D eigenvalue weighted by atomic mass is 10.0. The standard InChI is InChI=1S/C16H26N8/c1-12-20-21-15(23(12)4)9-18-16(17-2)24-6-5-13(11-24)7-14-8-19-22(3)10-14/h8,10,13H,5-7,9,11H2,1-4H3,(H,17,18). The van der Waals surface area contributed by atoms with Crippen LogP contribution >= 0.6 is 0 Å². The minimum atomic E-state index is 0.633. The molecule has 0 amide bonds. The van der Waals surface area contributed by atoms with Gasteiger partial charge in [0.1, 0.15) is 5.82 Å². The van der Waals surface area contributed by atoms with Crippen molar-refractivity contribution >= 4 is 5.96 Å². The Hall–Kier alpha value is -2.38. The number of hydrogen-bond acceptors (Lipinski definition) is 4. The molecular formula is C16H26N8. The number of rotatable bonds is 4. The number of guanidine groups is 1. The normalized spacial score (nSPS) is 18.4. The van der Waals surface area contributed by atoms with Crippen molar-refractivity contribution in [3.63, 3.8) is 0 Å². The van der Waals surface area contributed by atoms with E-state index in [2.05, 4.69) is 36.7 Å². The van der Waals surface area contributed by atoms with Gasteiger partial charge < -0.3 is 14.8 Å². The van der Waals surface area contributed by atoms with Crippen LogP contribution in [0.1, 0.15) is 23.6 Å². The second-order valence-electron chi connectivity index (χ2n) is 6.45. The van der Waals surface area contributed by atoms with Crippen molar-refractivity contribution in [2.75, 3.05) is 20.1 Å². The summed E-state index contributed by atoms with van der Waals surface area (Å²) in [5.41, 5.74) is 1.31. The number of aliphatic imine (C=N–C) groups is 1. The highest BCUT2D eigenvalue weighted by molar-refractivity contribution is 5.80. The summed E-state index contributed by atoms with van der Waals surface area (Å²) in [5, 5.41) is 15.9. The van der Waals surface area contributed by atoms with Crippen LogP contribution in [0.15, 0.2) is 17.4 Å². The Kier molecular flexibility index (Phi) is 4.82. The van der Waals surface area contributed by atoms with Crippen LogP contribution < -0.4 is 5.32 Å². The van der Waals surface area contributed by atoms with Crippen molar-refractivity contribution in [3.8, 4) is 0 Å². The molecule has 1 saturated heterocycles. The quantitative estimate of drug-likeness (QED) is 0.652. The SMILES string of the molecule is CN=C(NCc1nnc(C)n1C)N1CCC(Cc2cnn(C)c2)C1. The average Bonchev–Trinajstić information content (AvgIpc) is 3.26. The first kappa shape index (κ1) is 16.5. The first-order chi connectivity index (χ1) is 11.6. The van der Waals surface area contributed by atoms with Crippen molar-refractivity contribution in [1.29, 1.82) is 0 Å². The molecule has 8 nitrogen and oxygen atoms in total. The maximum Gasteiger partial charge on any atom is 0.194 e. The Balaban J connectivity index is 1.54. The molecule has 24 heavy (non-hydrogen) atoms. The summed E-state index contributed by atoms with van der Waals surface area (Å²) < 4.78 is 3.86. The summed E-state index contributed by atoms with van der Waals surface area (Å²) in [6.07, 6.45) is 6.32. The molecule has 0 radical (unpaired) electrons. The number of hydrogen-bond donors (Lipinski definition) is 1. The monoisotopic (exact) mass is 330 g/mol. The summed E-state index contributed by atoms with van der Waals surface area (Å²) in [5.74, 6) is 3.41. The van der Waals surface area contributed by atoms with Gasteiger partial charge in [0.15, 0.2) is 11.8 Å². The summed E-state index contributed by atoms with van der Waals surface area (Å²) in [6.45, 7) is 4.64. The molecule has 3 rings (SSSR count). The second kappa shape index (κ2) is 7.02. The van der Waals surface area contributed by atoms with Crippen molar-refractivity contribution in [2.45, 2.75) is 26.3 Å². The Morgan fingerprint density at radius 3 is 2.83 bits per heavy atom. The van der Waals surface area contributed by atoms with E-state index < -0.39 is 0 Å². The maximum atomic E-state index is 4.42. The molecular weight excluding hydrogens is 304 g/mol. The first-order valence-corrected chi connectivity index (χ1v) is 8.34. The topological polar surface area (TPSA) is 76.2 Å². The molecule has 0 saturated carbocycles. The highest BCUT2D eigenvalue weighted by atomic mass is 15.3. The van der Waals surface area contributed by atoms with E-state index >= 15 is 0 Å². The molecule has 1 aliphatic heterocycles. The van der Waals surface area contributed by atoms with E-state index in [0.29, 0.717) is 12.5 Å². The lowest BCUT2D eigenvalue weighted by Gasteiger charge is -2.21. The average molecular weight is 330 g/mol. The van der Waals surface area contributed by atoms with Crippen molar-refractivity contribution in [3.05, 3.63) is 29.6 Å². The molecule has 1 aliphatic rings. The molecule has 0 aromatic carbocycles. The van der Waals surface area contributed by atoms with Gasteiger partial charge in [0, 0.05) is 40.4 Å². The molecule has 1 N–H and O–H groups in total. The van der Waals surface area contributed by atoms with Gasteiger partial charge in [-0.1, -0.05) is 0 Å². The van der Waals surface area contributed by atoms with Gasteiger partial charge in [-0.3, -0.25) is 9.67 Å². The van der Waals surface area contributed by atoms with E-state index in [1.165, 1.54) is 12.0 Å². The minimum absolute atomic E-state index is 0.633. The molecule has 1 unspecified atom stereocenters. The Bertz CT molecular complexity index is 713. The predicted molar refractivity (Wildman–Crippen MR) is 92.5 cm³/mol. The van der Waals surface area contributed by atoms with E-state index in [0.717, 1.165) is 37.1 Å². The lowest BCUT2D eigenvalue weighted by molar-refractivity contribution is 0.458. The van der Waals surface area contributed by atoms with Gasteiger partial charge in [-0.2, -0.15) is 5.10 Å². The summed E-state index contributed by atoms with van der Waals surface area (Å²) in [6, 6.07) is 0. The van der Waals surface area contributed by atoms with E-state index in [1.807, 2.05) is 43.5 Å². The zero-order valence-corrected chi connectivity index (χ0v) is 14.9. The van der Waals surface area contributed by atoms with Crippen LogP contribution in [0.3, 0.4) is 0 Å². The number of nitrogens with one attached hydrogen (secondary N) is 1. The number of likely N-dealkylation sites (tertiary alicyclic amines) is 1. The Labute approximate surface area is 142 Å². The highest BCUT2D eigenvalue weighted by Crippen LogP contribution is 2.20. The van der Waals surface area contributed by atoms with Crippen molar-refractivity contribution in [2.24, 2.45) is 25.0 Å². The molecule has 1 atom stereocenters. The van der Waals surface area contributed by atoms with Crippen LogP contribution in [0.25, 0.3) is 0 Å². The fourth-order valence-electron chi connectivity index (χ4n) is 3.20. The molecule has 2 aromatic heterocycles. The number of aromatic nitrogens is 5. The van der Waals surface area contributed by atoms with E-state index in [9.17, 15) is 0 Å². The largest absolute Gasteiger partial charge is 0.349 e. The molecule has 0 aliphatic carbocycles. The smallest absolute Gasteiger partial charge is 0.194 e. The van der Waals surface area contributed by atoms with Crippen LogP contribution in [0.4, 0.5) is 0 Å². The fourth-order valence-corrected chi connectivity index (χ4v) is 3.20. The van der Waals surface area contributed by atoms with Gasteiger partial charge in [-0.05, 0) is 31.2 Å². The van der Waals surface area contributed by atoms with E-state index in [4.69, 9.17) is 0 Å². The summed E-state index contributed by atoms with van der Waals surface area (Å²) in [7, 11) is 5.78. The maximum absolute atomic E-state index is 4.42. The van der Waals surface area contributed by atoms with E-state index in [-0.39, 0.29) is 0 Å². The van der Waals surface area contributed by atoms with Crippen molar-refractivity contribution < 1.29 is 0 Å². The molecule has 8 heteroatoms. The van der Waals surface area contributed by atoms with Gasteiger partial charge in [0.05, 0.1) is 12.7 Å². The van der Waals surface area contributed by atoms with Gasteiger partial charge in [-0.15, -0.1) is 10.2 Å². The third-order valence-corrected chi connectivity index (χ3v) is 4.67. The third kappa shape index (κ3) is 3.58. The Morgan fingerprint density at radius 2 is 2.21 bits per heavy atom. The summed E-state index contributed by atoms with van der Waals surface area (Å²) in [4.78, 5) is 6.75. The van der Waals surface area contributed by atoms with Crippen LogP contribution in [0, 0.1) is 12.8 Å². The van der Waals surface area contributed by atoms with Gasteiger partial charge >= 0.3 is 0 Å². The second-order valence-corrected chi connectivity index (χ2v) is 6.45. The lowest BCUT2D eigenvalue weighted by Crippen LogP contribution is -2.40. The zero-order chi connectivity index (χ0) is 17.1. The molecule has 3 heterocycles. The Morgan fingerprint density at radius 1 is 1.38 bits per heavy atom. The predicted octanol–water partition coefficient (Wildman–Crippen LogP) is 0.497. The third-order valence-electron chi connectivity index (χ3n) is 4.67. The van der Waals surface area contributed by atoms with Gasteiger partial charge in [0.2, 0.25) is 0 Å². The fraction of sp³-hybridized carbons (Fsp3) is 0.625. The molecule has 130 valence electrons. The van der Waals surface area contributed by atoms with Crippen LogP contribution in [0.2, 0.25) is 0 Å².